The first-order valence-corrected chi connectivity index (χ1v) is 4.67. The Morgan fingerprint density at radius 1 is 1.43 bits per heavy atom. The van der Waals surface area contributed by atoms with Gasteiger partial charge in [0.15, 0.2) is 0 Å². The minimum absolute atomic E-state index is 0.159. The van der Waals surface area contributed by atoms with E-state index in [1.54, 1.807) is 20.3 Å². The van der Waals surface area contributed by atoms with Crippen LogP contribution in [-0.2, 0) is 4.74 Å². The summed E-state index contributed by atoms with van der Waals surface area (Å²) >= 11 is 6.04. The molecular formula is C10H14ClNO2. The predicted molar refractivity (Wildman–Crippen MR) is 56.8 cm³/mol. The largest absolute Gasteiger partial charge is 0.497 e. The molecule has 4 heteroatoms. The number of hydrogen-bond acceptors (Lipinski definition) is 3. The molecule has 1 rings (SSSR count). The second kappa shape index (κ2) is 5.20. The summed E-state index contributed by atoms with van der Waals surface area (Å²) in [6.07, 6.45) is -0.159. The van der Waals surface area contributed by atoms with Crippen molar-refractivity contribution in [2.24, 2.45) is 5.73 Å². The molecule has 0 bridgehead atoms. The Bertz CT molecular complexity index is 300. The van der Waals surface area contributed by atoms with E-state index in [0.717, 1.165) is 11.3 Å². The van der Waals surface area contributed by atoms with Crippen molar-refractivity contribution in [2.75, 3.05) is 20.8 Å². The molecule has 0 saturated carbocycles. The fraction of sp³-hybridized carbons (Fsp3) is 0.400. The fourth-order valence-electron chi connectivity index (χ4n) is 1.25. The summed E-state index contributed by atoms with van der Waals surface area (Å²) in [5.41, 5.74) is 6.43. The summed E-state index contributed by atoms with van der Waals surface area (Å²) in [7, 11) is 3.21. The first-order valence-electron chi connectivity index (χ1n) is 4.29. The standard InChI is InChI=1S/C10H14ClNO2/c1-13-7-3-4-8(9(11)5-7)10(6-12)14-2/h3-5,10H,6,12H2,1-2H3. The summed E-state index contributed by atoms with van der Waals surface area (Å²) in [5, 5.41) is 0.613. The van der Waals surface area contributed by atoms with Gasteiger partial charge in [-0.2, -0.15) is 0 Å². The molecule has 0 heterocycles. The predicted octanol–water partition coefficient (Wildman–Crippen LogP) is 1.99. The number of ether oxygens (including phenoxy) is 2. The molecule has 1 aromatic carbocycles. The van der Waals surface area contributed by atoms with Gasteiger partial charge >= 0.3 is 0 Å². The lowest BCUT2D eigenvalue weighted by Crippen LogP contribution is -2.14. The third-order valence-corrected chi connectivity index (χ3v) is 2.38. The van der Waals surface area contributed by atoms with Gasteiger partial charge in [-0.3, -0.25) is 0 Å². The number of hydrogen-bond donors (Lipinski definition) is 1. The first-order chi connectivity index (χ1) is 6.72. The minimum Gasteiger partial charge on any atom is -0.497 e. The monoisotopic (exact) mass is 215 g/mol. The van der Waals surface area contributed by atoms with Gasteiger partial charge in [-0.05, 0) is 12.1 Å². The average molecular weight is 216 g/mol. The van der Waals surface area contributed by atoms with Gasteiger partial charge in [-0.25, -0.2) is 0 Å². The molecule has 1 atom stereocenters. The van der Waals surface area contributed by atoms with Crippen LogP contribution in [0.25, 0.3) is 0 Å². The quantitative estimate of drug-likeness (QED) is 0.836. The lowest BCUT2D eigenvalue weighted by Gasteiger charge is -2.15. The normalized spacial score (nSPS) is 12.6. The van der Waals surface area contributed by atoms with Gasteiger partial charge in [-0.1, -0.05) is 17.7 Å². The van der Waals surface area contributed by atoms with Gasteiger partial charge in [0.1, 0.15) is 5.75 Å². The lowest BCUT2D eigenvalue weighted by molar-refractivity contribution is 0.110. The summed E-state index contributed by atoms with van der Waals surface area (Å²) in [5.74, 6) is 0.727. The Labute approximate surface area is 88.8 Å². The molecule has 0 aliphatic heterocycles. The highest BCUT2D eigenvalue weighted by Gasteiger charge is 2.12. The van der Waals surface area contributed by atoms with Crippen LogP contribution in [0.5, 0.6) is 5.75 Å². The average Bonchev–Trinajstić information content (AvgIpc) is 2.22. The Balaban J connectivity index is 2.98. The molecule has 14 heavy (non-hydrogen) atoms. The van der Waals surface area contributed by atoms with E-state index in [9.17, 15) is 0 Å². The number of methoxy groups -OCH3 is 2. The molecule has 0 amide bonds. The molecule has 78 valence electrons. The van der Waals surface area contributed by atoms with E-state index in [0.29, 0.717) is 11.6 Å². The third kappa shape index (κ3) is 2.38. The zero-order valence-corrected chi connectivity index (χ0v) is 9.04. The highest BCUT2D eigenvalue weighted by atomic mass is 35.5. The molecule has 0 aliphatic rings. The molecule has 1 aromatic rings. The van der Waals surface area contributed by atoms with Crippen LogP contribution < -0.4 is 10.5 Å². The minimum atomic E-state index is -0.159. The lowest BCUT2D eigenvalue weighted by atomic mass is 10.1. The summed E-state index contributed by atoms with van der Waals surface area (Å²) < 4.78 is 10.2. The van der Waals surface area contributed by atoms with Gasteiger partial charge in [-0.15, -0.1) is 0 Å². The summed E-state index contributed by atoms with van der Waals surface area (Å²) in [4.78, 5) is 0. The van der Waals surface area contributed by atoms with Crippen molar-refractivity contribution in [1.29, 1.82) is 0 Å². The molecule has 0 fully saturated rings. The number of rotatable bonds is 4. The first kappa shape index (κ1) is 11.3. The van der Waals surface area contributed by atoms with Crippen molar-refractivity contribution < 1.29 is 9.47 Å². The number of nitrogens with two attached hydrogens (primary N) is 1. The summed E-state index contributed by atoms with van der Waals surface area (Å²) in [6.45, 7) is 0.405. The molecule has 0 aliphatic carbocycles. The van der Waals surface area contributed by atoms with Crippen molar-refractivity contribution in [3.8, 4) is 5.75 Å². The van der Waals surface area contributed by atoms with Gasteiger partial charge in [0.05, 0.1) is 18.2 Å². The summed E-state index contributed by atoms with van der Waals surface area (Å²) in [6, 6.07) is 5.45. The Hall–Kier alpha value is -0.770. The Morgan fingerprint density at radius 2 is 2.14 bits per heavy atom. The van der Waals surface area contributed by atoms with Crippen molar-refractivity contribution in [3.05, 3.63) is 28.8 Å². The maximum atomic E-state index is 6.04. The molecule has 3 nitrogen and oxygen atoms in total. The van der Waals surface area contributed by atoms with Crippen molar-refractivity contribution >= 4 is 11.6 Å². The molecule has 1 unspecified atom stereocenters. The van der Waals surface area contributed by atoms with Crippen LogP contribution in [0.3, 0.4) is 0 Å². The van der Waals surface area contributed by atoms with E-state index in [2.05, 4.69) is 0 Å². The van der Waals surface area contributed by atoms with Crippen LogP contribution >= 0.6 is 11.6 Å². The topological polar surface area (TPSA) is 44.5 Å². The molecule has 0 aromatic heterocycles. The van der Waals surface area contributed by atoms with Crippen LogP contribution in [0.4, 0.5) is 0 Å². The SMILES string of the molecule is COc1ccc(C(CN)OC)c(Cl)c1. The van der Waals surface area contributed by atoms with Crippen LogP contribution in [0, 0.1) is 0 Å². The second-order valence-corrected chi connectivity index (χ2v) is 3.25. The zero-order valence-electron chi connectivity index (χ0n) is 8.29. The van der Waals surface area contributed by atoms with Crippen LogP contribution in [-0.4, -0.2) is 20.8 Å². The molecule has 0 radical (unpaired) electrons. The van der Waals surface area contributed by atoms with Gasteiger partial charge in [0.25, 0.3) is 0 Å². The molecule has 0 saturated heterocycles. The van der Waals surface area contributed by atoms with E-state index in [1.807, 2.05) is 12.1 Å². The maximum Gasteiger partial charge on any atom is 0.120 e. The van der Waals surface area contributed by atoms with Crippen LogP contribution in [0.1, 0.15) is 11.7 Å². The van der Waals surface area contributed by atoms with Crippen LogP contribution in [0.2, 0.25) is 5.02 Å². The van der Waals surface area contributed by atoms with E-state index >= 15 is 0 Å². The molecular weight excluding hydrogens is 202 g/mol. The fourth-order valence-corrected chi connectivity index (χ4v) is 1.54. The smallest absolute Gasteiger partial charge is 0.120 e. The highest BCUT2D eigenvalue weighted by molar-refractivity contribution is 6.31. The maximum absolute atomic E-state index is 6.04. The number of benzene rings is 1. The van der Waals surface area contributed by atoms with Crippen molar-refractivity contribution in [1.82, 2.24) is 0 Å². The number of halogens is 1. The second-order valence-electron chi connectivity index (χ2n) is 2.85. The van der Waals surface area contributed by atoms with Crippen molar-refractivity contribution in [3.63, 3.8) is 0 Å². The van der Waals surface area contributed by atoms with Gasteiger partial charge in [0, 0.05) is 19.2 Å². The Kier molecular flexibility index (Phi) is 4.20. The van der Waals surface area contributed by atoms with Crippen LogP contribution in [0.15, 0.2) is 18.2 Å². The van der Waals surface area contributed by atoms with Gasteiger partial charge < -0.3 is 15.2 Å². The third-order valence-electron chi connectivity index (χ3n) is 2.05. The van der Waals surface area contributed by atoms with Crippen molar-refractivity contribution in [2.45, 2.75) is 6.10 Å². The zero-order chi connectivity index (χ0) is 10.6. The van der Waals surface area contributed by atoms with E-state index in [1.165, 1.54) is 0 Å². The van der Waals surface area contributed by atoms with E-state index in [-0.39, 0.29) is 6.10 Å². The highest BCUT2D eigenvalue weighted by Crippen LogP contribution is 2.28. The van der Waals surface area contributed by atoms with E-state index < -0.39 is 0 Å². The van der Waals surface area contributed by atoms with E-state index in [4.69, 9.17) is 26.8 Å². The Morgan fingerprint density at radius 3 is 2.57 bits per heavy atom. The molecule has 2 N–H and O–H groups in total. The molecule has 0 spiro atoms. The van der Waals surface area contributed by atoms with Gasteiger partial charge in [0.2, 0.25) is 0 Å².